The van der Waals surface area contributed by atoms with Crippen LogP contribution in [-0.4, -0.2) is 62.1 Å². The number of piperidine rings is 2. The molecule has 0 amide bonds. The van der Waals surface area contributed by atoms with Gasteiger partial charge in [0.05, 0.1) is 6.26 Å². The Hall–Kier alpha value is -0.170. The van der Waals surface area contributed by atoms with E-state index in [1.54, 1.807) is 4.31 Å². The molecular formula is C12H25N3O2S. The molecule has 2 aliphatic heterocycles. The first-order chi connectivity index (χ1) is 8.52. The van der Waals surface area contributed by atoms with E-state index in [4.69, 9.17) is 5.73 Å². The lowest BCUT2D eigenvalue weighted by molar-refractivity contribution is 0.0691. The number of likely N-dealkylation sites (tertiary alicyclic amines) is 1. The monoisotopic (exact) mass is 275 g/mol. The van der Waals surface area contributed by atoms with Gasteiger partial charge in [0.25, 0.3) is 0 Å². The summed E-state index contributed by atoms with van der Waals surface area (Å²) in [5.41, 5.74) is 5.85. The predicted molar refractivity (Wildman–Crippen MR) is 72.8 cm³/mol. The first-order valence-corrected chi connectivity index (χ1v) is 8.78. The zero-order valence-corrected chi connectivity index (χ0v) is 12.0. The fourth-order valence-corrected chi connectivity index (χ4v) is 4.14. The van der Waals surface area contributed by atoms with E-state index in [1.807, 2.05) is 0 Å². The predicted octanol–water partition coefficient (Wildman–Crippen LogP) is 0.224. The highest BCUT2D eigenvalue weighted by atomic mass is 32.2. The molecule has 106 valence electrons. The van der Waals surface area contributed by atoms with Crippen molar-refractivity contribution in [3.05, 3.63) is 0 Å². The van der Waals surface area contributed by atoms with Crippen LogP contribution in [0.1, 0.15) is 32.1 Å². The average molecular weight is 275 g/mol. The van der Waals surface area contributed by atoms with Gasteiger partial charge in [-0.15, -0.1) is 0 Å². The van der Waals surface area contributed by atoms with Gasteiger partial charge in [-0.1, -0.05) is 6.42 Å². The maximum absolute atomic E-state index is 11.5. The number of rotatable bonds is 3. The summed E-state index contributed by atoms with van der Waals surface area (Å²) in [5, 5.41) is 0. The molecular weight excluding hydrogens is 250 g/mol. The van der Waals surface area contributed by atoms with Crippen LogP contribution in [0.15, 0.2) is 0 Å². The zero-order valence-electron chi connectivity index (χ0n) is 11.2. The first-order valence-electron chi connectivity index (χ1n) is 6.93. The molecule has 2 heterocycles. The molecule has 1 unspecified atom stereocenters. The van der Waals surface area contributed by atoms with Gasteiger partial charge in [-0.05, 0) is 32.2 Å². The smallest absolute Gasteiger partial charge is 0.211 e. The summed E-state index contributed by atoms with van der Waals surface area (Å²) in [6.45, 7) is 3.19. The molecule has 6 heteroatoms. The molecule has 5 nitrogen and oxygen atoms in total. The molecule has 18 heavy (non-hydrogen) atoms. The highest BCUT2D eigenvalue weighted by molar-refractivity contribution is 7.88. The van der Waals surface area contributed by atoms with Crippen molar-refractivity contribution in [3.63, 3.8) is 0 Å². The number of hydrogen-bond acceptors (Lipinski definition) is 4. The summed E-state index contributed by atoms with van der Waals surface area (Å²) >= 11 is 0. The van der Waals surface area contributed by atoms with E-state index in [-0.39, 0.29) is 0 Å². The minimum absolute atomic E-state index is 0.508. The molecule has 2 fully saturated rings. The van der Waals surface area contributed by atoms with Gasteiger partial charge in [-0.25, -0.2) is 12.7 Å². The van der Waals surface area contributed by atoms with Crippen LogP contribution in [0, 0.1) is 0 Å². The van der Waals surface area contributed by atoms with Gasteiger partial charge >= 0.3 is 0 Å². The van der Waals surface area contributed by atoms with Crippen molar-refractivity contribution in [1.82, 2.24) is 9.21 Å². The summed E-state index contributed by atoms with van der Waals surface area (Å²) < 4.78 is 24.6. The highest BCUT2D eigenvalue weighted by Gasteiger charge is 2.32. The van der Waals surface area contributed by atoms with Crippen LogP contribution >= 0.6 is 0 Å². The van der Waals surface area contributed by atoms with Gasteiger partial charge in [0.15, 0.2) is 0 Å². The third-order valence-electron chi connectivity index (χ3n) is 4.31. The van der Waals surface area contributed by atoms with Crippen molar-refractivity contribution in [2.45, 2.75) is 44.2 Å². The number of nitrogens with zero attached hydrogens (tertiary/aromatic N) is 2. The van der Waals surface area contributed by atoms with Crippen LogP contribution in [0.2, 0.25) is 0 Å². The fourth-order valence-electron chi connectivity index (χ4n) is 3.26. The molecule has 2 N–H and O–H groups in total. The van der Waals surface area contributed by atoms with Gasteiger partial charge < -0.3 is 5.73 Å². The molecule has 2 rings (SSSR count). The van der Waals surface area contributed by atoms with Gasteiger partial charge in [0.1, 0.15) is 0 Å². The molecule has 0 aromatic carbocycles. The second-order valence-corrected chi connectivity index (χ2v) is 7.50. The van der Waals surface area contributed by atoms with E-state index >= 15 is 0 Å². The SMILES string of the molecule is CS(=O)(=O)N1CCC(N2CCCCC2CN)CC1. The van der Waals surface area contributed by atoms with Gasteiger partial charge in [-0.3, -0.25) is 4.90 Å². The van der Waals surface area contributed by atoms with Crippen molar-refractivity contribution in [3.8, 4) is 0 Å². The third-order valence-corrected chi connectivity index (χ3v) is 5.61. The topological polar surface area (TPSA) is 66.6 Å². The van der Waals surface area contributed by atoms with Crippen LogP contribution in [0.25, 0.3) is 0 Å². The minimum Gasteiger partial charge on any atom is -0.329 e. The van der Waals surface area contributed by atoms with Crippen molar-refractivity contribution in [1.29, 1.82) is 0 Å². The Balaban J connectivity index is 1.92. The molecule has 2 aliphatic rings. The number of hydrogen-bond donors (Lipinski definition) is 1. The molecule has 1 atom stereocenters. The van der Waals surface area contributed by atoms with Crippen molar-refractivity contribution < 1.29 is 8.42 Å². The normalized spacial score (nSPS) is 29.6. The van der Waals surface area contributed by atoms with Gasteiger partial charge in [0.2, 0.25) is 10.0 Å². The van der Waals surface area contributed by atoms with E-state index in [0.29, 0.717) is 25.2 Å². The van der Waals surface area contributed by atoms with E-state index in [2.05, 4.69) is 4.90 Å². The van der Waals surface area contributed by atoms with Crippen LogP contribution in [-0.2, 0) is 10.0 Å². The maximum Gasteiger partial charge on any atom is 0.211 e. The average Bonchev–Trinajstić information content (AvgIpc) is 2.38. The Morgan fingerprint density at radius 1 is 1.11 bits per heavy atom. The molecule has 0 aliphatic carbocycles. The minimum atomic E-state index is -3.01. The van der Waals surface area contributed by atoms with Crippen LogP contribution < -0.4 is 5.73 Å². The quantitative estimate of drug-likeness (QED) is 0.800. The zero-order chi connectivity index (χ0) is 13.2. The summed E-state index contributed by atoms with van der Waals surface area (Å²) in [6.07, 6.45) is 6.93. The summed E-state index contributed by atoms with van der Waals surface area (Å²) in [4.78, 5) is 2.53. The summed E-state index contributed by atoms with van der Waals surface area (Å²) in [6, 6.07) is 1.03. The Morgan fingerprint density at radius 3 is 2.33 bits per heavy atom. The first kappa shape index (κ1) is 14.2. The van der Waals surface area contributed by atoms with Crippen molar-refractivity contribution in [2.24, 2.45) is 5.73 Å². The molecule has 0 saturated carbocycles. The molecule has 2 saturated heterocycles. The second kappa shape index (κ2) is 5.86. The Kier molecular flexibility index (Phi) is 4.64. The lowest BCUT2D eigenvalue weighted by Crippen LogP contribution is -2.53. The van der Waals surface area contributed by atoms with E-state index in [9.17, 15) is 8.42 Å². The molecule has 0 radical (unpaired) electrons. The lowest BCUT2D eigenvalue weighted by Gasteiger charge is -2.44. The molecule has 0 aromatic heterocycles. The van der Waals surface area contributed by atoms with Crippen LogP contribution in [0.3, 0.4) is 0 Å². The largest absolute Gasteiger partial charge is 0.329 e. The van der Waals surface area contributed by atoms with Gasteiger partial charge in [0, 0.05) is 31.7 Å². The fraction of sp³-hybridized carbons (Fsp3) is 1.00. The molecule has 0 bridgehead atoms. The second-order valence-electron chi connectivity index (χ2n) is 5.52. The number of sulfonamides is 1. The van der Waals surface area contributed by atoms with Crippen LogP contribution in [0.5, 0.6) is 0 Å². The summed E-state index contributed by atoms with van der Waals surface area (Å²) in [7, 11) is -3.01. The highest BCUT2D eigenvalue weighted by Crippen LogP contribution is 2.25. The van der Waals surface area contributed by atoms with E-state index < -0.39 is 10.0 Å². The van der Waals surface area contributed by atoms with Gasteiger partial charge in [-0.2, -0.15) is 0 Å². The van der Waals surface area contributed by atoms with Crippen molar-refractivity contribution >= 4 is 10.0 Å². The van der Waals surface area contributed by atoms with Crippen molar-refractivity contribution in [2.75, 3.05) is 32.4 Å². The number of nitrogens with two attached hydrogens (primary N) is 1. The third kappa shape index (κ3) is 3.23. The Labute approximate surface area is 110 Å². The summed E-state index contributed by atoms with van der Waals surface area (Å²) in [5.74, 6) is 0. The van der Waals surface area contributed by atoms with Crippen LogP contribution in [0.4, 0.5) is 0 Å². The molecule has 0 spiro atoms. The van der Waals surface area contributed by atoms with E-state index in [1.165, 1.54) is 25.5 Å². The lowest BCUT2D eigenvalue weighted by atomic mass is 9.96. The standard InChI is InChI=1S/C12H25N3O2S/c1-18(16,17)14-8-5-11(6-9-14)15-7-3-2-4-12(15)10-13/h11-12H,2-10,13H2,1H3. The molecule has 0 aromatic rings. The Morgan fingerprint density at radius 2 is 1.78 bits per heavy atom. The Bertz CT molecular complexity index is 364. The maximum atomic E-state index is 11.5. The van der Waals surface area contributed by atoms with E-state index in [0.717, 1.165) is 25.9 Å².